The van der Waals surface area contributed by atoms with Crippen molar-refractivity contribution in [2.24, 2.45) is 5.84 Å². The molecule has 0 bridgehead atoms. The zero-order valence-electron chi connectivity index (χ0n) is 11.2. The first-order valence-corrected chi connectivity index (χ1v) is 6.24. The van der Waals surface area contributed by atoms with Crippen LogP contribution in [-0.4, -0.2) is 26.1 Å². The van der Waals surface area contributed by atoms with E-state index < -0.39 is 6.36 Å². The van der Waals surface area contributed by atoms with Crippen LogP contribution in [0.4, 0.5) is 13.2 Å². The molecule has 1 rings (SSSR count). The van der Waals surface area contributed by atoms with Crippen molar-refractivity contribution < 1.29 is 22.6 Å². The van der Waals surface area contributed by atoms with Crippen LogP contribution in [-0.2, 0) is 11.2 Å². The van der Waals surface area contributed by atoms with Gasteiger partial charge in [-0.3, -0.25) is 11.3 Å². The van der Waals surface area contributed by atoms with Crippen LogP contribution in [0.2, 0.25) is 0 Å². The fourth-order valence-electron chi connectivity index (χ4n) is 1.83. The highest BCUT2D eigenvalue weighted by molar-refractivity contribution is 5.27. The molecule has 7 heteroatoms. The van der Waals surface area contributed by atoms with Gasteiger partial charge in [-0.05, 0) is 37.0 Å². The Labute approximate surface area is 116 Å². The van der Waals surface area contributed by atoms with Crippen LogP contribution in [0, 0.1) is 0 Å². The molecular formula is C13H19F3N2O2. The Morgan fingerprint density at radius 1 is 1.25 bits per heavy atom. The van der Waals surface area contributed by atoms with Gasteiger partial charge < -0.3 is 9.47 Å². The molecule has 0 aliphatic carbocycles. The normalized spacial score (nSPS) is 13.2. The van der Waals surface area contributed by atoms with Crippen LogP contribution < -0.4 is 16.0 Å². The fourth-order valence-corrected chi connectivity index (χ4v) is 1.83. The Morgan fingerprint density at radius 3 is 2.40 bits per heavy atom. The van der Waals surface area contributed by atoms with E-state index in [9.17, 15) is 13.2 Å². The van der Waals surface area contributed by atoms with E-state index in [1.54, 1.807) is 19.2 Å². The van der Waals surface area contributed by atoms with Gasteiger partial charge in [-0.25, -0.2) is 0 Å². The molecule has 0 saturated carbocycles. The summed E-state index contributed by atoms with van der Waals surface area (Å²) in [6.45, 7) is 0.649. The minimum atomic E-state index is -4.66. The number of hydrogen-bond donors (Lipinski definition) is 2. The highest BCUT2D eigenvalue weighted by Crippen LogP contribution is 2.23. The molecule has 0 spiro atoms. The quantitative estimate of drug-likeness (QED) is 0.439. The Bertz CT molecular complexity index is 382. The SMILES string of the molecule is COCCCC(Cc1ccc(OC(F)(F)F)cc1)NN. The van der Waals surface area contributed by atoms with Crippen LogP contribution in [0.5, 0.6) is 5.75 Å². The second-order valence-electron chi connectivity index (χ2n) is 4.39. The zero-order valence-corrected chi connectivity index (χ0v) is 11.2. The first kappa shape index (κ1) is 16.7. The van der Waals surface area contributed by atoms with Crippen LogP contribution in [0.25, 0.3) is 0 Å². The summed E-state index contributed by atoms with van der Waals surface area (Å²) in [5.41, 5.74) is 3.58. The number of methoxy groups -OCH3 is 1. The maximum atomic E-state index is 12.0. The number of halogens is 3. The molecule has 0 aliphatic heterocycles. The molecular weight excluding hydrogens is 273 g/mol. The van der Waals surface area contributed by atoms with E-state index >= 15 is 0 Å². The van der Waals surface area contributed by atoms with Crippen LogP contribution in [0.3, 0.4) is 0 Å². The van der Waals surface area contributed by atoms with Crippen molar-refractivity contribution in [3.63, 3.8) is 0 Å². The van der Waals surface area contributed by atoms with Crippen molar-refractivity contribution in [2.75, 3.05) is 13.7 Å². The van der Waals surface area contributed by atoms with Gasteiger partial charge in [0.2, 0.25) is 0 Å². The second-order valence-corrected chi connectivity index (χ2v) is 4.39. The van der Waals surface area contributed by atoms with Crippen molar-refractivity contribution in [1.82, 2.24) is 5.43 Å². The van der Waals surface area contributed by atoms with E-state index in [0.717, 1.165) is 18.4 Å². The first-order chi connectivity index (χ1) is 9.44. The van der Waals surface area contributed by atoms with Crippen molar-refractivity contribution in [3.05, 3.63) is 29.8 Å². The molecule has 1 atom stereocenters. The molecule has 0 aliphatic rings. The third-order valence-electron chi connectivity index (χ3n) is 2.78. The molecule has 20 heavy (non-hydrogen) atoms. The highest BCUT2D eigenvalue weighted by Gasteiger charge is 2.30. The summed E-state index contributed by atoms with van der Waals surface area (Å²) in [7, 11) is 1.63. The van der Waals surface area contributed by atoms with Crippen LogP contribution in [0.1, 0.15) is 18.4 Å². The summed E-state index contributed by atoms with van der Waals surface area (Å²) < 4.78 is 44.8. The third kappa shape index (κ3) is 6.74. The van der Waals surface area contributed by atoms with Gasteiger partial charge in [-0.2, -0.15) is 0 Å². The molecule has 0 heterocycles. The Morgan fingerprint density at radius 2 is 1.90 bits per heavy atom. The molecule has 0 aromatic heterocycles. The lowest BCUT2D eigenvalue weighted by molar-refractivity contribution is -0.274. The van der Waals surface area contributed by atoms with Crippen molar-refractivity contribution in [3.8, 4) is 5.75 Å². The third-order valence-corrected chi connectivity index (χ3v) is 2.78. The van der Waals surface area contributed by atoms with Crippen LogP contribution in [0.15, 0.2) is 24.3 Å². The lowest BCUT2D eigenvalue weighted by Crippen LogP contribution is -2.36. The molecule has 114 valence electrons. The molecule has 1 unspecified atom stereocenters. The number of benzene rings is 1. The predicted octanol–water partition coefficient (Wildman–Crippen LogP) is 2.39. The van der Waals surface area contributed by atoms with Crippen molar-refractivity contribution in [2.45, 2.75) is 31.7 Å². The number of alkyl halides is 3. The van der Waals surface area contributed by atoms with Gasteiger partial charge in [0.25, 0.3) is 0 Å². The molecule has 0 amide bonds. The number of nitrogens with one attached hydrogen (secondary N) is 1. The first-order valence-electron chi connectivity index (χ1n) is 6.24. The summed E-state index contributed by atoms with van der Waals surface area (Å²) in [6.07, 6.45) is -2.35. The van der Waals surface area contributed by atoms with Crippen LogP contribution >= 0.6 is 0 Å². The molecule has 0 saturated heterocycles. The van der Waals surface area contributed by atoms with E-state index in [1.165, 1.54) is 12.1 Å². The standard InChI is InChI=1S/C13H19F3N2O2/c1-19-8-2-3-11(18-17)9-10-4-6-12(7-5-10)20-13(14,15)16/h4-7,11,18H,2-3,8-9,17H2,1H3. The van der Waals surface area contributed by atoms with E-state index in [4.69, 9.17) is 10.6 Å². The average molecular weight is 292 g/mol. The largest absolute Gasteiger partial charge is 0.573 e. The second kappa shape index (κ2) is 8.08. The summed E-state index contributed by atoms with van der Waals surface area (Å²) in [5, 5.41) is 0. The summed E-state index contributed by atoms with van der Waals surface area (Å²) >= 11 is 0. The van der Waals surface area contributed by atoms with E-state index in [2.05, 4.69) is 10.2 Å². The maximum absolute atomic E-state index is 12.0. The van der Waals surface area contributed by atoms with Gasteiger partial charge in [-0.15, -0.1) is 13.2 Å². The van der Waals surface area contributed by atoms with Crippen molar-refractivity contribution >= 4 is 0 Å². The van der Waals surface area contributed by atoms with E-state index in [0.29, 0.717) is 13.0 Å². The van der Waals surface area contributed by atoms with Gasteiger partial charge in [0, 0.05) is 19.8 Å². The van der Waals surface area contributed by atoms with Gasteiger partial charge >= 0.3 is 6.36 Å². The summed E-state index contributed by atoms with van der Waals surface area (Å²) in [4.78, 5) is 0. The molecule has 1 aromatic carbocycles. The number of hydrazine groups is 1. The molecule has 0 radical (unpaired) electrons. The Hall–Kier alpha value is -1.31. The van der Waals surface area contributed by atoms with Gasteiger partial charge in [0.1, 0.15) is 5.75 Å². The average Bonchev–Trinajstić information content (AvgIpc) is 2.38. The van der Waals surface area contributed by atoms with Gasteiger partial charge in [-0.1, -0.05) is 12.1 Å². The monoisotopic (exact) mass is 292 g/mol. The molecule has 0 fully saturated rings. The summed E-state index contributed by atoms with van der Waals surface area (Å²) in [5.74, 6) is 5.23. The van der Waals surface area contributed by atoms with Gasteiger partial charge in [0.05, 0.1) is 0 Å². The molecule has 3 N–H and O–H groups in total. The minimum absolute atomic E-state index is 0.0551. The number of rotatable bonds is 8. The maximum Gasteiger partial charge on any atom is 0.573 e. The summed E-state index contributed by atoms with van der Waals surface area (Å²) in [6, 6.07) is 5.85. The number of nitrogens with two attached hydrogens (primary N) is 1. The highest BCUT2D eigenvalue weighted by atomic mass is 19.4. The smallest absolute Gasteiger partial charge is 0.406 e. The number of ether oxygens (including phenoxy) is 2. The van der Waals surface area contributed by atoms with E-state index in [1.807, 2.05) is 0 Å². The lowest BCUT2D eigenvalue weighted by Gasteiger charge is -2.16. The van der Waals surface area contributed by atoms with E-state index in [-0.39, 0.29) is 11.8 Å². The van der Waals surface area contributed by atoms with Gasteiger partial charge in [0.15, 0.2) is 0 Å². The minimum Gasteiger partial charge on any atom is -0.406 e. The Kier molecular flexibility index (Phi) is 6.77. The topological polar surface area (TPSA) is 56.5 Å². The number of hydrogen-bond acceptors (Lipinski definition) is 4. The zero-order chi connectivity index (χ0) is 15.0. The molecule has 4 nitrogen and oxygen atoms in total. The predicted molar refractivity (Wildman–Crippen MR) is 69.1 cm³/mol. The Balaban J connectivity index is 2.50. The molecule has 1 aromatic rings. The fraction of sp³-hybridized carbons (Fsp3) is 0.538. The lowest BCUT2D eigenvalue weighted by atomic mass is 10.0. The van der Waals surface area contributed by atoms with Crippen molar-refractivity contribution in [1.29, 1.82) is 0 Å².